The van der Waals surface area contributed by atoms with Gasteiger partial charge in [0.2, 0.25) is 0 Å². The minimum atomic E-state index is -0.0910. The molecule has 1 unspecified atom stereocenters. The number of hydrogen-bond donors (Lipinski definition) is 1. The van der Waals surface area contributed by atoms with Crippen LogP contribution < -0.4 is 10.5 Å². The number of aromatic nitrogens is 1. The number of pyridine rings is 1. The molecule has 0 bridgehead atoms. The third-order valence-corrected chi connectivity index (χ3v) is 2.98. The van der Waals surface area contributed by atoms with Gasteiger partial charge in [0.1, 0.15) is 11.5 Å². The Kier molecular flexibility index (Phi) is 3.84. The Labute approximate surface area is 112 Å². The molecule has 18 heavy (non-hydrogen) atoms. The fourth-order valence-electron chi connectivity index (χ4n) is 1.64. The van der Waals surface area contributed by atoms with E-state index < -0.39 is 0 Å². The summed E-state index contributed by atoms with van der Waals surface area (Å²) >= 11 is 6.15. The van der Waals surface area contributed by atoms with E-state index in [1.807, 2.05) is 38.1 Å². The molecule has 3 nitrogen and oxygen atoms in total. The summed E-state index contributed by atoms with van der Waals surface area (Å²) in [5.74, 6) is 1.41. The number of halogens is 1. The van der Waals surface area contributed by atoms with Gasteiger partial charge in [-0.15, -0.1) is 0 Å². The van der Waals surface area contributed by atoms with Gasteiger partial charge >= 0.3 is 0 Å². The summed E-state index contributed by atoms with van der Waals surface area (Å²) in [6.07, 6.45) is 1.73. The number of nitrogens with zero attached hydrogens (tertiary/aromatic N) is 1. The molecule has 94 valence electrons. The first-order valence-corrected chi connectivity index (χ1v) is 6.10. The molecule has 1 aromatic heterocycles. The van der Waals surface area contributed by atoms with Crippen LogP contribution >= 0.6 is 11.6 Å². The van der Waals surface area contributed by atoms with Crippen LogP contribution in [0.5, 0.6) is 11.5 Å². The van der Waals surface area contributed by atoms with Crippen LogP contribution in [0.2, 0.25) is 5.02 Å². The van der Waals surface area contributed by atoms with Crippen molar-refractivity contribution in [2.75, 3.05) is 0 Å². The molecule has 0 aliphatic rings. The molecule has 0 aliphatic heterocycles. The van der Waals surface area contributed by atoms with Crippen molar-refractivity contribution in [3.8, 4) is 11.5 Å². The van der Waals surface area contributed by atoms with Crippen LogP contribution in [-0.2, 0) is 0 Å². The number of hydrogen-bond acceptors (Lipinski definition) is 3. The molecule has 0 amide bonds. The van der Waals surface area contributed by atoms with E-state index >= 15 is 0 Å². The van der Waals surface area contributed by atoms with Crippen LogP contribution in [-0.4, -0.2) is 4.98 Å². The van der Waals surface area contributed by atoms with E-state index in [-0.39, 0.29) is 6.04 Å². The van der Waals surface area contributed by atoms with E-state index in [4.69, 9.17) is 22.1 Å². The van der Waals surface area contributed by atoms with Crippen molar-refractivity contribution in [3.63, 3.8) is 0 Å². The summed E-state index contributed by atoms with van der Waals surface area (Å²) in [7, 11) is 0. The van der Waals surface area contributed by atoms with Crippen molar-refractivity contribution in [2.24, 2.45) is 5.73 Å². The van der Waals surface area contributed by atoms with Gasteiger partial charge in [0.25, 0.3) is 0 Å². The van der Waals surface area contributed by atoms with Gasteiger partial charge in [-0.05, 0) is 43.7 Å². The molecular weight excluding hydrogens is 248 g/mol. The van der Waals surface area contributed by atoms with Crippen molar-refractivity contribution in [3.05, 3.63) is 52.8 Å². The van der Waals surface area contributed by atoms with Gasteiger partial charge in [0, 0.05) is 17.3 Å². The first-order valence-electron chi connectivity index (χ1n) is 5.72. The predicted molar refractivity (Wildman–Crippen MR) is 73.1 cm³/mol. The highest BCUT2D eigenvalue weighted by Gasteiger charge is 2.08. The molecule has 0 aliphatic carbocycles. The Balaban J connectivity index is 2.26. The quantitative estimate of drug-likeness (QED) is 0.914. The van der Waals surface area contributed by atoms with Gasteiger partial charge in [0.05, 0.1) is 5.69 Å². The zero-order chi connectivity index (χ0) is 13.1. The van der Waals surface area contributed by atoms with Gasteiger partial charge in [0.15, 0.2) is 0 Å². The fourth-order valence-corrected chi connectivity index (χ4v) is 1.99. The average Bonchev–Trinajstić information content (AvgIpc) is 2.32. The highest BCUT2D eigenvalue weighted by Crippen LogP contribution is 2.29. The van der Waals surface area contributed by atoms with Crippen molar-refractivity contribution in [1.29, 1.82) is 0 Å². The van der Waals surface area contributed by atoms with Gasteiger partial charge in [-0.25, -0.2) is 0 Å². The Morgan fingerprint density at radius 1 is 1.33 bits per heavy atom. The maximum Gasteiger partial charge on any atom is 0.148 e. The molecule has 2 rings (SSSR count). The topological polar surface area (TPSA) is 48.1 Å². The monoisotopic (exact) mass is 262 g/mol. The number of aryl methyl sites for hydroxylation is 1. The Morgan fingerprint density at radius 2 is 2.11 bits per heavy atom. The molecule has 0 saturated heterocycles. The summed E-state index contributed by atoms with van der Waals surface area (Å²) in [6, 6.07) is 9.12. The Hall–Kier alpha value is -1.58. The Morgan fingerprint density at radius 3 is 2.72 bits per heavy atom. The largest absolute Gasteiger partial charge is 0.455 e. The fraction of sp³-hybridized carbons (Fsp3) is 0.214. The minimum Gasteiger partial charge on any atom is -0.455 e. The number of nitrogens with two attached hydrogens (primary N) is 1. The zero-order valence-electron chi connectivity index (χ0n) is 10.4. The second-order valence-electron chi connectivity index (χ2n) is 4.16. The van der Waals surface area contributed by atoms with Crippen LogP contribution in [0.1, 0.15) is 24.2 Å². The molecule has 0 radical (unpaired) electrons. The summed E-state index contributed by atoms with van der Waals surface area (Å²) in [5.41, 5.74) is 7.55. The third-order valence-electron chi connectivity index (χ3n) is 2.65. The van der Waals surface area contributed by atoms with Crippen LogP contribution in [0.15, 0.2) is 36.5 Å². The maximum absolute atomic E-state index is 6.15. The van der Waals surface area contributed by atoms with Crippen molar-refractivity contribution < 1.29 is 4.74 Å². The van der Waals surface area contributed by atoms with E-state index in [2.05, 4.69) is 4.98 Å². The molecule has 2 N–H and O–H groups in total. The average molecular weight is 263 g/mol. The third kappa shape index (κ3) is 2.81. The second kappa shape index (κ2) is 5.38. The smallest absolute Gasteiger partial charge is 0.148 e. The van der Waals surface area contributed by atoms with E-state index in [0.717, 1.165) is 17.0 Å². The molecule has 2 aromatic rings. The van der Waals surface area contributed by atoms with Gasteiger partial charge in [-0.1, -0.05) is 17.7 Å². The van der Waals surface area contributed by atoms with Crippen molar-refractivity contribution in [1.82, 2.24) is 4.98 Å². The lowest BCUT2D eigenvalue weighted by atomic mass is 10.1. The SMILES string of the molecule is Cc1ncccc1Oc1ccc(C(C)N)c(Cl)c1. The van der Waals surface area contributed by atoms with E-state index in [1.54, 1.807) is 12.3 Å². The van der Waals surface area contributed by atoms with Crippen molar-refractivity contribution >= 4 is 11.6 Å². The lowest BCUT2D eigenvalue weighted by molar-refractivity contribution is 0.475. The van der Waals surface area contributed by atoms with E-state index in [1.165, 1.54) is 0 Å². The number of rotatable bonds is 3. The highest BCUT2D eigenvalue weighted by molar-refractivity contribution is 6.31. The molecule has 0 spiro atoms. The summed E-state index contributed by atoms with van der Waals surface area (Å²) in [4.78, 5) is 4.17. The van der Waals surface area contributed by atoms with Crippen LogP contribution in [0, 0.1) is 6.92 Å². The molecule has 1 aromatic carbocycles. The lowest BCUT2D eigenvalue weighted by Gasteiger charge is -2.11. The summed E-state index contributed by atoms with van der Waals surface area (Å²) < 4.78 is 5.74. The van der Waals surface area contributed by atoms with Gasteiger partial charge in [-0.3, -0.25) is 4.98 Å². The van der Waals surface area contributed by atoms with E-state index in [0.29, 0.717) is 10.8 Å². The molecular formula is C14H15ClN2O. The molecule has 1 atom stereocenters. The second-order valence-corrected chi connectivity index (χ2v) is 4.57. The van der Waals surface area contributed by atoms with Gasteiger partial charge < -0.3 is 10.5 Å². The molecule has 4 heteroatoms. The van der Waals surface area contributed by atoms with Crippen LogP contribution in [0.25, 0.3) is 0 Å². The lowest BCUT2D eigenvalue weighted by Crippen LogP contribution is -2.05. The van der Waals surface area contributed by atoms with E-state index in [9.17, 15) is 0 Å². The molecule has 1 heterocycles. The highest BCUT2D eigenvalue weighted by atomic mass is 35.5. The zero-order valence-corrected chi connectivity index (χ0v) is 11.1. The minimum absolute atomic E-state index is 0.0910. The first kappa shape index (κ1) is 12.9. The summed E-state index contributed by atoms with van der Waals surface area (Å²) in [5, 5.41) is 0.615. The van der Waals surface area contributed by atoms with Gasteiger partial charge in [-0.2, -0.15) is 0 Å². The molecule has 0 fully saturated rings. The molecule has 0 saturated carbocycles. The normalized spacial score (nSPS) is 12.2. The first-order chi connectivity index (χ1) is 8.58. The summed E-state index contributed by atoms with van der Waals surface area (Å²) in [6.45, 7) is 3.79. The Bertz CT molecular complexity index is 555. The van der Waals surface area contributed by atoms with Crippen molar-refractivity contribution in [2.45, 2.75) is 19.9 Å². The van der Waals surface area contributed by atoms with Crippen LogP contribution in [0.4, 0.5) is 0 Å². The van der Waals surface area contributed by atoms with Crippen LogP contribution in [0.3, 0.4) is 0 Å². The maximum atomic E-state index is 6.15. The standard InChI is InChI=1S/C14H15ClN2O/c1-9(16)12-6-5-11(8-13(12)15)18-14-4-3-7-17-10(14)2/h3-9H,16H2,1-2H3. The number of benzene rings is 1. The predicted octanol–water partition coefficient (Wildman–Crippen LogP) is 3.86. The number of ether oxygens (including phenoxy) is 1.